The molecule has 0 bridgehead atoms. The second-order valence-corrected chi connectivity index (χ2v) is 9.42. The fraction of sp³-hybridized carbons (Fsp3) is 0.400. The number of halogens is 2. The number of aryl methyl sites for hydroxylation is 2. The first-order valence-corrected chi connectivity index (χ1v) is 11.9. The van der Waals surface area contributed by atoms with Crippen molar-refractivity contribution in [2.45, 2.75) is 44.1 Å². The van der Waals surface area contributed by atoms with E-state index < -0.39 is 17.0 Å². The van der Waals surface area contributed by atoms with Gasteiger partial charge in [0.1, 0.15) is 17.6 Å². The number of rotatable bonds is 6. The summed E-state index contributed by atoms with van der Waals surface area (Å²) in [5.74, 6) is 0.604. The maximum atomic E-state index is 14.1. The molecule has 4 heterocycles. The van der Waals surface area contributed by atoms with Crippen molar-refractivity contribution in [1.29, 1.82) is 0 Å². The zero-order valence-electron chi connectivity index (χ0n) is 20.0. The third-order valence-electron chi connectivity index (χ3n) is 6.84. The smallest absolute Gasteiger partial charge is 0.228 e. The molecule has 0 unspecified atom stereocenters. The summed E-state index contributed by atoms with van der Waals surface area (Å²) in [4.78, 5) is 12.1. The summed E-state index contributed by atoms with van der Waals surface area (Å²) in [7, 11) is 1.86. The van der Waals surface area contributed by atoms with Gasteiger partial charge in [-0.1, -0.05) is 0 Å². The van der Waals surface area contributed by atoms with E-state index in [4.69, 9.17) is 19.1 Å². The van der Waals surface area contributed by atoms with Gasteiger partial charge in [0.05, 0.1) is 23.5 Å². The van der Waals surface area contributed by atoms with Gasteiger partial charge >= 0.3 is 0 Å². The quantitative estimate of drug-likeness (QED) is 0.398. The Bertz CT molecular complexity index is 1410. The largest absolute Gasteiger partial charge is 0.487 e. The lowest BCUT2D eigenvalue weighted by atomic mass is 10.0. The van der Waals surface area contributed by atoms with E-state index in [1.807, 2.05) is 13.2 Å². The third kappa shape index (κ3) is 4.08. The van der Waals surface area contributed by atoms with Gasteiger partial charge in [-0.3, -0.25) is 9.67 Å². The normalized spacial score (nSPS) is 17.4. The molecule has 0 spiro atoms. The average Bonchev–Trinajstić information content (AvgIpc) is 3.38. The van der Waals surface area contributed by atoms with Crippen LogP contribution in [0.4, 0.5) is 14.6 Å². The summed E-state index contributed by atoms with van der Waals surface area (Å²) < 4.78 is 40.7. The Hall–Kier alpha value is -3.89. The summed E-state index contributed by atoms with van der Waals surface area (Å²) in [5, 5.41) is 12.6. The number of aromatic nitrogens is 6. The van der Waals surface area contributed by atoms with Crippen LogP contribution >= 0.6 is 0 Å². The summed E-state index contributed by atoms with van der Waals surface area (Å²) in [6, 6.07) is 3.37. The molecule has 36 heavy (non-hydrogen) atoms. The molecule has 1 aromatic carbocycles. The van der Waals surface area contributed by atoms with Crippen LogP contribution in [0.2, 0.25) is 0 Å². The molecule has 0 radical (unpaired) electrons. The second-order valence-electron chi connectivity index (χ2n) is 9.42. The van der Waals surface area contributed by atoms with Crippen molar-refractivity contribution in [2.24, 2.45) is 7.05 Å². The van der Waals surface area contributed by atoms with Crippen LogP contribution in [0.15, 0.2) is 41.2 Å². The number of benzene rings is 1. The summed E-state index contributed by atoms with van der Waals surface area (Å²) in [6.45, 7) is 3.07. The molecule has 0 N–H and O–H groups in total. The van der Waals surface area contributed by atoms with E-state index in [0.717, 1.165) is 41.7 Å². The van der Waals surface area contributed by atoms with Crippen LogP contribution in [0.5, 0.6) is 5.75 Å². The highest BCUT2D eigenvalue weighted by Crippen LogP contribution is 2.52. The number of nitrogens with zero attached hydrogens (tertiary/aromatic N) is 7. The molecule has 0 atom stereocenters. The number of ether oxygens (including phenoxy) is 1. The van der Waals surface area contributed by atoms with Gasteiger partial charge in [-0.05, 0) is 25.0 Å². The van der Waals surface area contributed by atoms with Crippen LogP contribution in [0, 0.1) is 18.6 Å². The minimum absolute atomic E-state index is 0.0678. The fourth-order valence-corrected chi connectivity index (χ4v) is 4.71. The molecule has 1 saturated carbocycles. The van der Waals surface area contributed by atoms with Gasteiger partial charge in [-0.2, -0.15) is 5.10 Å². The molecular formula is C25H25F2N7O2. The van der Waals surface area contributed by atoms with Crippen LogP contribution in [0.3, 0.4) is 0 Å². The molecule has 1 aliphatic heterocycles. The first kappa shape index (κ1) is 22.6. The van der Waals surface area contributed by atoms with Crippen LogP contribution in [0.1, 0.15) is 43.2 Å². The van der Waals surface area contributed by atoms with Crippen LogP contribution in [-0.2, 0) is 12.5 Å². The molecular weight excluding hydrogens is 468 g/mol. The minimum atomic E-state index is -0.694. The SMILES string of the molecule is Cc1nnc(C2(c3cnc(-c4cnn(C)c4)c(N4CCC(Oc5ccc(F)cc5F)CC4)n3)CC2)o1. The lowest BCUT2D eigenvalue weighted by Gasteiger charge is -2.34. The van der Waals surface area contributed by atoms with E-state index in [9.17, 15) is 8.78 Å². The molecule has 0 amide bonds. The Labute approximate surface area is 206 Å². The highest BCUT2D eigenvalue weighted by molar-refractivity contribution is 5.71. The Morgan fingerprint density at radius 1 is 1.11 bits per heavy atom. The molecule has 1 saturated heterocycles. The van der Waals surface area contributed by atoms with Crippen LogP contribution in [0.25, 0.3) is 11.3 Å². The molecule has 1 aliphatic carbocycles. The number of hydrogen-bond acceptors (Lipinski definition) is 8. The Balaban J connectivity index is 1.28. The maximum absolute atomic E-state index is 14.1. The second kappa shape index (κ2) is 8.65. The molecule has 6 rings (SSSR count). The first-order chi connectivity index (χ1) is 17.4. The van der Waals surface area contributed by atoms with Crippen molar-refractivity contribution in [3.8, 4) is 17.0 Å². The summed E-state index contributed by atoms with van der Waals surface area (Å²) >= 11 is 0. The van der Waals surface area contributed by atoms with Crippen molar-refractivity contribution in [3.63, 3.8) is 0 Å². The van der Waals surface area contributed by atoms with Gasteiger partial charge in [0.15, 0.2) is 17.4 Å². The van der Waals surface area contributed by atoms with Crippen molar-refractivity contribution < 1.29 is 17.9 Å². The number of anilines is 1. The van der Waals surface area contributed by atoms with Crippen molar-refractivity contribution >= 4 is 5.82 Å². The predicted octanol–water partition coefficient (Wildman–Crippen LogP) is 3.97. The van der Waals surface area contributed by atoms with E-state index in [2.05, 4.69) is 20.2 Å². The van der Waals surface area contributed by atoms with Crippen molar-refractivity contribution in [2.75, 3.05) is 18.0 Å². The van der Waals surface area contributed by atoms with E-state index in [1.165, 1.54) is 12.1 Å². The zero-order valence-corrected chi connectivity index (χ0v) is 20.0. The Kier molecular flexibility index (Phi) is 5.42. The van der Waals surface area contributed by atoms with E-state index in [0.29, 0.717) is 37.7 Å². The summed E-state index contributed by atoms with van der Waals surface area (Å²) in [6.07, 6.45) is 8.35. The third-order valence-corrected chi connectivity index (χ3v) is 6.84. The van der Waals surface area contributed by atoms with Crippen molar-refractivity contribution in [3.05, 3.63) is 65.9 Å². The molecule has 2 aliphatic rings. The van der Waals surface area contributed by atoms with E-state index in [1.54, 1.807) is 24.0 Å². The Morgan fingerprint density at radius 3 is 2.56 bits per heavy atom. The molecule has 2 fully saturated rings. The van der Waals surface area contributed by atoms with Crippen LogP contribution < -0.4 is 9.64 Å². The van der Waals surface area contributed by atoms with Crippen LogP contribution in [-0.4, -0.2) is 49.1 Å². The summed E-state index contributed by atoms with van der Waals surface area (Å²) in [5.41, 5.74) is 2.02. The van der Waals surface area contributed by atoms with Gasteiger partial charge < -0.3 is 14.1 Å². The molecule has 9 nitrogen and oxygen atoms in total. The van der Waals surface area contributed by atoms with E-state index in [-0.39, 0.29) is 11.9 Å². The van der Waals surface area contributed by atoms with E-state index >= 15 is 0 Å². The lowest BCUT2D eigenvalue weighted by molar-refractivity contribution is 0.163. The lowest BCUT2D eigenvalue weighted by Crippen LogP contribution is -2.39. The van der Waals surface area contributed by atoms with Crippen molar-refractivity contribution in [1.82, 2.24) is 29.9 Å². The number of hydrogen-bond donors (Lipinski definition) is 0. The predicted molar refractivity (Wildman–Crippen MR) is 126 cm³/mol. The van der Waals surface area contributed by atoms with Gasteiger partial charge in [0, 0.05) is 57.7 Å². The monoisotopic (exact) mass is 493 g/mol. The highest BCUT2D eigenvalue weighted by atomic mass is 19.1. The van der Waals surface area contributed by atoms with Gasteiger partial charge in [-0.25, -0.2) is 13.8 Å². The highest BCUT2D eigenvalue weighted by Gasteiger charge is 2.52. The molecule has 3 aromatic heterocycles. The zero-order chi connectivity index (χ0) is 24.9. The molecule has 4 aromatic rings. The number of piperidine rings is 1. The maximum Gasteiger partial charge on any atom is 0.228 e. The standard InChI is InChI=1S/C25H25F2N7O2/c1-15-31-32-24(35-15)25(7-8-25)21-13-28-22(16-12-29-33(2)14-16)23(30-21)34-9-5-18(6-10-34)36-20-4-3-17(26)11-19(20)27/h3-4,11-14,18H,5-10H2,1-2H3. The first-order valence-electron chi connectivity index (χ1n) is 11.9. The van der Waals surface area contributed by atoms with Gasteiger partial charge in [0.25, 0.3) is 0 Å². The Morgan fingerprint density at radius 2 is 1.92 bits per heavy atom. The average molecular weight is 494 g/mol. The topological polar surface area (TPSA) is 95.0 Å². The van der Waals surface area contributed by atoms with Gasteiger partial charge in [0.2, 0.25) is 11.8 Å². The fourth-order valence-electron chi connectivity index (χ4n) is 4.71. The molecule has 186 valence electrons. The minimum Gasteiger partial charge on any atom is -0.487 e. The molecule has 11 heteroatoms. The van der Waals surface area contributed by atoms with Gasteiger partial charge in [-0.15, -0.1) is 10.2 Å².